The molecule has 4 nitrogen and oxygen atoms in total. The molecule has 0 saturated carbocycles. The molecule has 0 bridgehead atoms. The van der Waals surface area contributed by atoms with E-state index in [4.69, 9.17) is 4.52 Å². The van der Waals surface area contributed by atoms with E-state index in [0.717, 1.165) is 18.5 Å². The molecular weight excluding hydrogens is 283 g/mol. The molecule has 112 valence electrons. The number of benzene rings is 1. The normalized spacial score (nSPS) is 18.5. The summed E-state index contributed by atoms with van der Waals surface area (Å²) in [7, 11) is 0. The Kier molecular flexibility index (Phi) is 3.67. The Morgan fingerprint density at radius 3 is 2.90 bits per heavy atom. The lowest BCUT2D eigenvalue weighted by molar-refractivity contribution is -0.134. The number of aromatic nitrogens is 2. The summed E-state index contributed by atoms with van der Waals surface area (Å²) in [5.74, 6) is 0.409. The zero-order chi connectivity index (χ0) is 14.9. The summed E-state index contributed by atoms with van der Waals surface area (Å²) in [6, 6.07) is 7.63. The molecular formula is C14H14F3N3O. The maximum absolute atomic E-state index is 12.2. The van der Waals surface area contributed by atoms with Gasteiger partial charge in [0.25, 0.3) is 0 Å². The Morgan fingerprint density at radius 1 is 1.29 bits per heavy atom. The van der Waals surface area contributed by atoms with Crippen molar-refractivity contribution >= 4 is 0 Å². The van der Waals surface area contributed by atoms with E-state index in [1.807, 2.05) is 24.3 Å². The standard InChI is InChI=1S/C14H14F3N3O/c15-14(16,17)7-5-11-19-13(21-20-11)12-10-4-2-1-3-9(10)6-8-18-12/h1-4,12,18H,5-8H2. The fourth-order valence-electron chi connectivity index (χ4n) is 2.46. The van der Waals surface area contributed by atoms with Crippen molar-refractivity contribution in [1.82, 2.24) is 15.5 Å². The number of rotatable bonds is 3. The quantitative estimate of drug-likeness (QED) is 0.946. The van der Waals surface area contributed by atoms with E-state index in [1.54, 1.807) is 0 Å². The highest BCUT2D eigenvalue weighted by Gasteiger charge is 2.29. The highest BCUT2D eigenvalue weighted by molar-refractivity contribution is 5.35. The second-order valence-corrected chi connectivity index (χ2v) is 5.00. The van der Waals surface area contributed by atoms with Gasteiger partial charge in [-0.2, -0.15) is 18.2 Å². The van der Waals surface area contributed by atoms with Crippen LogP contribution in [0.15, 0.2) is 28.8 Å². The third-order valence-corrected chi connectivity index (χ3v) is 3.47. The molecule has 1 N–H and O–H groups in total. The van der Waals surface area contributed by atoms with Crippen molar-refractivity contribution in [2.75, 3.05) is 6.54 Å². The lowest BCUT2D eigenvalue weighted by Gasteiger charge is -2.23. The Morgan fingerprint density at radius 2 is 2.10 bits per heavy atom. The van der Waals surface area contributed by atoms with Crippen molar-refractivity contribution < 1.29 is 17.7 Å². The summed E-state index contributed by atoms with van der Waals surface area (Å²) >= 11 is 0. The molecule has 0 fully saturated rings. The number of hydrogen-bond donors (Lipinski definition) is 1. The van der Waals surface area contributed by atoms with E-state index < -0.39 is 12.6 Å². The topological polar surface area (TPSA) is 51.0 Å². The number of hydrogen-bond acceptors (Lipinski definition) is 4. The van der Waals surface area contributed by atoms with E-state index >= 15 is 0 Å². The highest BCUT2D eigenvalue weighted by atomic mass is 19.4. The van der Waals surface area contributed by atoms with Crippen molar-refractivity contribution in [3.8, 4) is 0 Å². The van der Waals surface area contributed by atoms with Crippen molar-refractivity contribution in [3.63, 3.8) is 0 Å². The van der Waals surface area contributed by atoms with Gasteiger partial charge in [-0.25, -0.2) is 0 Å². The molecule has 1 aliphatic heterocycles. The second kappa shape index (κ2) is 5.48. The van der Waals surface area contributed by atoms with Crippen LogP contribution in [0.25, 0.3) is 0 Å². The first kappa shape index (κ1) is 14.1. The molecule has 1 aromatic carbocycles. The molecule has 3 rings (SSSR count). The van der Waals surface area contributed by atoms with Crippen LogP contribution in [0.1, 0.15) is 35.3 Å². The van der Waals surface area contributed by atoms with Gasteiger partial charge in [-0.15, -0.1) is 0 Å². The molecule has 1 aromatic heterocycles. The van der Waals surface area contributed by atoms with Crippen LogP contribution in [0.4, 0.5) is 13.2 Å². The first-order chi connectivity index (χ1) is 10.0. The number of fused-ring (bicyclic) bond motifs is 1. The van der Waals surface area contributed by atoms with E-state index in [1.165, 1.54) is 5.56 Å². The molecule has 0 saturated heterocycles. The van der Waals surface area contributed by atoms with Crippen LogP contribution in [-0.2, 0) is 12.8 Å². The van der Waals surface area contributed by atoms with Gasteiger partial charge in [0.15, 0.2) is 5.82 Å². The van der Waals surface area contributed by atoms with E-state index in [0.29, 0.717) is 5.89 Å². The van der Waals surface area contributed by atoms with Gasteiger partial charge in [0.2, 0.25) is 5.89 Å². The molecule has 2 aromatic rings. The van der Waals surface area contributed by atoms with Gasteiger partial charge in [-0.1, -0.05) is 29.4 Å². The van der Waals surface area contributed by atoms with Gasteiger partial charge in [0.1, 0.15) is 6.04 Å². The molecule has 1 unspecified atom stereocenters. The van der Waals surface area contributed by atoms with Gasteiger partial charge in [0.05, 0.1) is 6.42 Å². The molecule has 0 amide bonds. The monoisotopic (exact) mass is 297 g/mol. The van der Waals surface area contributed by atoms with Gasteiger partial charge in [0, 0.05) is 13.0 Å². The molecule has 21 heavy (non-hydrogen) atoms. The molecule has 0 spiro atoms. The van der Waals surface area contributed by atoms with Crippen LogP contribution in [0, 0.1) is 0 Å². The Bertz CT molecular complexity index is 624. The van der Waals surface area contributed by atoms with Crippen molar-refractivity contribution in [2.24, 2.45) is 0 Å². The largest absolute Gasteiger partial charge is 0.389 e. The summed E-state index contributed by atoms with van der Waals surface area (Å²) in [5, 5.41) is 6.90. The van der Waals surface area contributed by atoms with Gasteiger partial charge in [-0.05, 0) is 17.5 Å². The van der Waals surface area contributed by atoms with E-state index in [2.05, 4.69) is 15.5 Å². The highest BCUT2D eigenvalue weighted by Crippen LogP contribution is 2.28. The molecule has 0 aliphatic carbocycles. The van der Waals surface area contributed by atoms with Crippen molar-refractivity contribution in [1.29, 1.82) is 0 Å². The van der Waals surface area contributed by atoms with E-state index in [-0.39, 0.29) is 18.3 Å². The SMILES string of the molecule is FC(F)(F)CCc1noc(C2NCCc3ccccc32)n1. The lowest BCUT2D eigenvalue weighted by atomic mass is 9.94. The lowest BCUT2D eigenvalue weighted by Crippen LogP contribution is -2.30. The van der Waals surface area contributed by atoms with Crippen LogP contribution in [0.5, 0.6) is 0 Å². The minimum Gasteiger partial charge on any atom is -0.337 e. The zero-order valence-corrected chi connectivity index (χ0v) is 11.2. The van der Waals surface area contributed by atoms with Crippen LogP contribution in [-0.4, -0.2) is 22.9 Å². The van der Waals surface area contributed by atoms with Crippen LogP contribution in [0.3, 0.4) is 0 Å². The fourth-order valence-corrected chi connectivity index (χ4v) is 2.46. The van der Waals surface area contributed by atoms with E-state index in [9.17, 15) is 13.2 Å². The second-order valence-electron chi connectivity index (χ2n) is 5.00. The Hall–Kier alpha value is -1.89. The number of halogens is 3. The minimum absolute atomic E-state index is 0.0900. The Labute approximate surface area is 119 Å². The molecule has 1 atom stereocenters. The first-order valence-corrected chi connectivity index (χ1v) is 6.73. The minimum atomic E-state index is -4.21. The number of nitrogens with zero attached hydrogens (tertiary/aromatic N) is 2. The Balaban J connectivity index is 1.78. The molecule has 0 radical (unpaired) electrons. The van der Waals surface area contributed by atoms with Crippen LogP contribution < -0.4 is 5.32 Å². The number of aryl methyl sites for hydroxylation is 1. The number of nitrogens with one attached hydrogen (secondary N) is 1. The zero-order valence-electron chi connectivity index (χ0n) is 11.2. The summed E-state index contributed by atoms with van der Waals surface area (Å²) in [4.78, 5) is 4.10. The van der Waals surface area contributed by atoms with Crippen molar-refractivity contribution in [2.45, 2.75) is 31.5 Å². The predicted molar refractivity (Wildman–Crippen MR) is 68.7 cm³/mol. The van der Waals surface area contributed by atoms with Crippen molar-refractivity contribution in [3.05, 3.63) is 47.1 Å². The number of alkyl halides is 3. The average molecular weight is 297 g/mol. The molecule has 7 heteroatoms. The average Bonchev–Trinajstić information content (AvgIpc) is 2.92. The maximum Gasteiger partial charge on any atom is 0.389 e. The summed E-state index contributed by atoms with van der Waals surface area (Å²) < 4.78 is 41.7. The van der Waals surface area contributed by atoms with Gasteiger partial charge >= 0.3 is 6.18 Å². The third-order valence-electron chi connectivity index (χ3n) is 3.47. The maximum atomic E-state index is 12.2. The third kappa shape index (κ3) is 3.24. The summed E-state index contributed by atoms with van der Waals surface area (Å²) in [5.41, 5.74) is 2.23. The predicted octanol–water partition coefficient (Wildman–Crippen LogP) is 2.80. The summed E-state index contributed by atoms with van der Waals surface area (Å²) in [6.45, 7) is 0.766. The van der Waals surface area contributed by atoms with Crippen LogP contribution in [0.2, 0.25) is 0 Å². The summed E-state index contributed by atoms with van der Waals surface area (Å²) in [6.07, 6.45) is -4.51. The van der Waals surface area contributed by atoms with Gasteiger partial charge in [-0.3, -0.25) is 0 Å². The van der Waals surface area contributed by atoms with Crippen LogP contribution >= 0.6 is 0 Å². The molecule has 1 aliphatic rings. The smallest absolute Gasteiger partial charge is 0.337 e. The fraction of sp³-hybridized carbons (Fsp3) is 0.429. The first-order valence-electron chi connectivity index (χ1n) is 6.73. The van der Waals surface area contributed by atoms with Gasteiger partial charge < -0.3 is 9.84 Å². The molecule has 2 heterocycles.